The van der Waals surface area contributed by atoms with E-state index in [1.54, 1.807) is 0 Å². The van der Waals surface area contributed by atoms with E-state index >= 15 is 0 Å². The van der Waals surface area contributed by atoms with E-state index in [9.17, 15) is 14.9 Å². The van der Waals surface area contributed by atoms with Gasteiger partial charge in [0.1, 0.15) is 0 Å². The van der Waals surface area contributed by atoms with Crippen molar-refractivity contribution in [3.8, 4) is 5.75 Å². The predicted octanol–water partition coefficient (Wildman–Crippen LogP) is 0.928. The molecule has 3 N–H and O–H groups in total. The molecule has 1 aromatic carbocycles. The van der Waals surface area contributed by atoms with Gasteiger partial charge in [-0.3, -0.25) is 14.9 Å². The molecule has 0 aliphatic heterocycles. The van der Waals surface area contributed by atoms with Crippen molar-refractivity contribution < 1.29 is 14.5 Å². The van der Waals surface area contributed by atoms with Crippen LogP contribution in [0.25, 0.3) is 0 Å². The van der Waals surface area contributed by atoms with E-state index in [4.69, 9.17) is 10.5 Å². The highest BCUT2D eigenvalue weighted by atomic mass is 16.6. The lowest BCUT2D eigenvalue weighted by atomic mass is 10.1. The molecule has 0 bridgehead atoms. The second-order valence-electron chi connectivity index (χ2n) is 4.19. The lowest BCUT2D eigenvalue weighted by Gasteiger charge is -2.10. The molecule has 0 aliphatic rings. The highest BCUT2D eigenvalue weighted by molar-refractivity contribution is 5.95. The summed E-state index contributed by atoms with van der Waals surface area (Å²) in [6.45, 7) is 2.79. The Balaban J connectivity index is 2.86. The molecule has 1 aromatic rings. The number of nitrogens with one attached hydrogen (secondary N) is 1. The molecule has 0 aliphatic carbocycles. The molecule has 1 amide bonds. The fourth-order valence-corrected chi connectivity index (χ4v) is 1.43. The molecule has 1 rings (SSSR count). The van der Waals surface area contributed by atoms with Crippen LogP contribution in [0.2, 0.25) is 0 Å². The van der Waals surface area contributed by atoms with Gasteiger partial charge in [-0.05, 0) is 24.6 Å². The smallest absolute Gasteiger partial charge is 0.311 e. The molecule has 0 saturated heterocycles. The van der Waals surface area contributed by atoms with Crippen LogP contribution in [0.15, 0.2) is 18.2 Å². The molecule has 0 radical (unpaired) electrons. The first-order valence-corrected chi connectivity index (χ1v) is 5.80. The average molecular weight is 267 g/mol. The number of methoxy groups -OCH3 is 1. The van der Waals surface area contributed by atoms with Crippen LogP contribution in [0, 0.1) is 16.0 Å². The second-order valence-corrected chi connectivity index (χ2v) is 4.19. The van der Waals surface area contributed by atoms with Crippen molar-refractivity contribution in [1.29, 1.82) is 0 Å². The third-order valence-corrected chi connectivity index (χ3v) is 2.65. The number of ether oxygens (including phenoxy) is 1. The largest absolute Gasteiger partial charge is 0.490 e. The maximum atomic E-state index is 11.8. The van der Waals surface area contributed by atoms with E-state index < -0.39 is 4.92 Å². The summed E-state index contributed by atoms with van der Waals surface area (Å²) in [4.78, 5) is 22.1. The molecular weight excluding hydrogens is 250 g/mol. The van der Waals surface area contributed by atoms with Crippen LogP contribution in [-0.4, -0.2) is 31.0 Å². The maximum Gasteiger partial charge on any atom is 0.311 e. The van der Waals surface area contributed by atoms with Crippen molar-refractivity contribution in [3.63, 3.8) is 0 Å². The fraction of sp³-hybridized carbons (Fsp3) is 0.417. The summed E-state index contributed by atoms with van der Waals surface area (Å²) in [6.07, 6.45) is 0. The minimum atomic E-state index is -0.585. The van der Waals surface area contributed by atoms with Gasteiger partial charge in [0, 0.05) is 18.2 Å². The van der Waals surface area contributed by atoms with Gasteiger partial charge >= 0.3 is 5.69 Å². The van der Waals surface area contributed by atoms with Crippen molar-refractivity contribution >= 4 is 11.6 Å². The number of benzene rings is 1. The Morgan fingerprint density at radius 1 is 1.58 bits per heavy atom. The number of nitrogens with zero attached hydrogens (tertiary/aromatic N) is 1. The number of hydrogen-bond acceptors (Lipinski definition) is 5. The van der Waals surface area contributed by atoms with Crippen molar-refractivity contribution in [1.82, 2.24) is 5.32 Å². The summed E-state index contributed by atoms with van der Waals surface area (Å²) in [7, 11) is 1.34. The van der Waals surface area contributed by atoms with Gasteiger partial charge < -0.3 is 15.8 Å². The quantitative estimate of drug-likeness (QED) is 0.588. The zero-order valence-corrected chi connectivity index (χ0v) is 10.9. The van der Waals surface area contributed by atoms with Crippen LogP contribution in [0.4, 0.5) is 5.69 Å². The van der Waals surface area contributed by atoms with E-state index in [0.717, 1.165) is 0 Å². The van der Waals surface area contributed by atoms with E-state index in [1.165, 1.54) is 25.3 Å². The number of hydrogen-bond donors (Lipinski definition) is 2. The topological polar surface area (TPSA) is 107 Å². The van der Waals surface area contributed by atoms with Gasteiger partial charge in [-0.25, -0.2) is 0 Å². The molecule has 7 nitrogen and oxygen atoms in total. The Morgan fingerprint density at radius 3 is 2.79 bits per heavy atom. The first-order chi connectivity index (χ1) is 8.99. The van der Waals surface area contributed by atoms with Crippen LogP contribution in [0.3, 0.4) is 0 Å². The molecule has 19 heavy (non-hydrogen) atoms. The van der Waals surface area contributed by atoms with Gasteiger partial charge in [0.25, 0.3) is 5.91 Å². The fourth-order valence-electron chi connectivity index (χ4n) is 1.43. The molecule has 0 saturated carbocycles. The molecule has 0 spiro atoms. The highest BCUT2D eigenvalue weighted by Crippen LogP contribution is 2.27. The third-order valence-electron chi connectivity index (χ3n) is 2.65. The van der Waals surface area contributed by atoms with E-state index in [-0.39, 0.29) is 28.8 Å². The van der Waals surface area contributed by atoms with Gasteiger partial charge in [-0.2, -0.15) is 0 Å². The van der Waals surface area contributed by atoms with Crippen LogP contribution < -0.4 is 15.8 Å². The number of nitrogens with two attached hydrogens (primary N) is 1. The third kappa shape index (κ3) is 3.92. The van der Waals surface area contributed by atoms with Crippen molar-refractivity contribution in [2.75, 3.05) is 20.2 Å². The first kappa shape index (κ1) is 14.9. The molecular formula is C12H17N3O4. The zero-order chi connectivity index (χ0) is 14.4. The minimum Gasteiger partial charge on any atom is -0.490 e. The van der Waals surface area contributed by atoms with Crippen molar-refractivity contribution in [3.05, 3.63) is 33.9 Å². The van der Waals surface area contributed by atoms with Crippen molar-refractivity contribution in [2.24, 2.45) is 11.7 Å². The summed E-state index contributed by atoms with van der Waals surface area (Å²) in [5.41, 5.74) is 5.43. The van der Waals surface area contributed by atoms with E-state index in [1.807, 2.05) is 6.92 Å². The standard InChI is InChI=1S/C12H17N3O4/c1-8(6-13)7-14-12(16)9-3-4-11(19-2)10(5-9)15(17)18/h3-5,8H,6-7,13H2,1-2H3,(H,14,16). The summed E-state index contributed by atoms with van der Waals surface area (Å²) in [6, 6.07) is 4.08. The zero-order valence-electron chi connectivity index (χ0n) is 10.9. The average Bonchev–Trinajstić information content (AvgIpc) is 2.43. The van der Waals surface area contributed by atoms with E-state index in [2.05, 4.69) is 5.32 Å². The number of rotatable bonds is 6. The SMILES string of the molecule is COc1ccc(C(=O)NCC(C)CN)cc1[N+](=O)[O-]. The summed E-state index contributed by atoms with van der Waals surface area (Å²) < 4.78 is 4.87. The van der Waals surface area contributed by atoms with Gasteiger partial charge in [0.2, 0.25) is 0 Å². The summed E-state index contributed by atoms with van der Waals surface area (Å²) >= 11 is 0. The van der Waals surface area contributed by atoms with Gasteiger partial charge in [-0.15, -0.1) is 0 Å². The van der Waals surface area contributed by atoms with Crippen LogP contribution in [0.1, 0.15) is 17.3 Å². The van der Waals surface area contributed by atoms with Gasteiger partial charge in [-0.1, -0.05) is 6.92 Å². The Bertz CT molecular complexity index is 476. The number of nitro benzene ring substituents is 1. The minimum absolute atomic E-state index is 0.122. The lowest BCUT2D eigenvalue weighted by molar-refractivity contribution is -0.385. The Kier molecular flexibility index (Phi) is 5.25. The predicted molar refractivity (Wildman–Crippen MR) is 70.2 cm³/mol. The number of carbonyl (C=O) groups excluding carboxylic acids is 1. The maximum absolute atomic E-state index is 11.8. The molecule has 7 heteroatoms. The summed E-state index contributed by atoms with van der Waals surface area (Å²) in [5.74, 6) is -0.0971. The Morgan fingerprint density at radius 2 is 2.26 bits per heavy atom. The molecule has 104 valence electrons. The molecule has 0 fully saturated rings. The summed E-state index contributed by atoms with van der Waals surface area (Å²) in [5, 5.41) is 13.5. The first-order valence-electron chi connectivity index (χ1n) is 5.80. The number of amides is 1. The number of nitro groups is 1. The Labute approximate surface area is 110 Å². The van der Waals surface area contributed by atoms with Crippen molar-refractivity contribution in [2.45, 2.75) is 6.92 Å². The lowest BCUT2D eigenvalue weighted by Crippen LogP contribution is -2.31. The van der Waals surface area contributed by atoms with Crippen LogP contribution in [0.5, 0.6) is 5.75 Å². The molecule has 1 atom stereocenters. The van der Waals surface area contributed by atoms with Crippen LogP contribution >= 0.6 is 0 Å². The number of carbonyl (C=O) groups is 1. The normalized spacial score (nSPS) is 11.7. The highest BCUT2D eigenvalue weighted by Gasteiger charge is 2.18. The molecule has 0 aromatic heterocycles. The van der Waals surface area contributed by atoms with E-state index in [0.29, 0.717) is 13.1 Å². The second kappa shape index (κ2) is 6.69. The molecule has 1 unspecified atom stereocenters. The van der Waals surface area contributed by atoms with Gasteiger partial charge in [0.05, 0.1) is 12.0 Å². The van der Waals surface area contributed by atoms with Gasteiger partial charge in [0.15, 0.2) is 5.75 Å². The van der Waals surface area contributed by atoms with Crippen LogP contribution in [-0.2, 0) is 0 Å². The Hall–Kier alpha value is -2.15. The molecule has 0 heterocycles. The monoisotopic (exact) mass is 267 g/mol.